The van der Waals surface area contributed by atoms with E-state index in [2.05, 4.69) is 4.98 Å². The zero-order valence-electron chi connectivity index (χ0n) is 13.5. The van der Waals surface area contributed by atoms with Gasteiger partial charge in [-0.3, -0.25) is 9.59 Å². The normalized spacial score (nSPS) is 12.3. The van der Waals surface area contributed by atoms with Gasteiger partial charge in [-0.05, 0) is 35.4 Å². The second-order valence-corrected chi connectivity index (χ2v) is 5.92. The Bertz CT molecular complexity index is 996. The Balaban J connectivity index is 1.97. The van der Waals surface area contributed by atoms with Gasteiger partial charge in [0, 0.05) is 29.6 Å². The lowest BCUT2D eigenvalue weighted by Gasteiger charge is -2.12. The number of carboxylic acids is 1. The largest absolute Gasteiger partial charge is 0.481 e. The molecule has 0 saturated carbocycles. The van der Waals surface area contributed by atoms with E-state index in [9.17, 15) is 28.6 Å². The molecule has 1 atom stereocenters. The van der Waals surface area contributed by atoms with Crippen LogP contribution in [0.4, 0.5) is 8.78 Å². The quantitative estimate of drug-likeness (QED) is 0.589. The van der Waals surface area contributed by atoms with Crippen molar-refractivity contribution in [3.05, 3.63) is 70.9 Å². The smallest absolute Gasteiger partial charge is 0.311 e. The number of rotatable bonds is 6. The van der Waals surface area contributed by atoms with Gasteiger partial charge in [0.25, 0.3) is 0 Å². The summed E-state index contributed by atoms with van der Waals surface area (Å²) in [5, 5.41) is 19.4. The minimum Gasteiger partial charge on any atom is -0.481 e. The molecule has 134 valence electrons. The minimum absolute atomic E-state index is 0.210. The van der Waals surface area contributed by atoms with E-state index in [4.69, 9.17) is 0 Å². The first-order valence-electron chi connectivity index (χ1n) is 7.82. The number of benzene rings is 2. The van der Waals surface area contributed by atoms with E-state index in [0.29, 0.717) is 28.1 Å². The van der Waals surface area contributed by atoms with Gasteiger partial charge in [-0.1, -0.05) is 6.07 Å². The molecule has 0 aliphatic rings. The van der Waals surface area contributed by atoms with Gasteiger partial charge in [0.2, 0.25) is 0 Å². The Morgan fingerprint density at radius 2 is 1.88 bits per heavy atom. The van der Waals surface area contributed by atoms with Crippen molar-refractivity contribution in [1.29, 1.82) is 0 Å². The van der Waals surface area contributed by atoms with Crippen molar-refractivity contribution >= 4 is 22.7 Å². The Kier molecular flexibility index (Phi) is 4.81. The monoisotopic (exact) mass is 359 g/mol. The van der Waals surface area contributed by atoms with E-state index in [1.807, 2.05) is 0 Å². The first kappa shape index (κ1) is 17.8. The average Bonchev–Trinajstić information content (AvgIpc) is 3.01. The molecule has 1 aromatic heterocycles. The topological polar surface area (TPSA) is 90.4 Å². The van der Waals surface area contributed by atoms with Crippen LogP contribution in [0.1, 0.15) is 33.8 Å². The standard InChI is InChI=1S/C19H15F2NO4/c20-11-2-3-12(16(21)6-11)18(24)7-14(19(25)26)15-8-22-17-4-1-10(9-23)5-13(15)17/h1-6,8,14,22-23H,7,9H2,(H,25,26). The highest BCUT2D eigenvalue weighted by molar-refractivity contribution is 6.00. The summed E-state index contributed by atoms with van der Waals surface area (Å²) in [6, 6.07) is 7.57. The molecule has 0 saturated heterocycles. The number of hydrogen-bond acceptors (Lipinski definition) is 3. The van der Waals surface area contributed by atoms with Gasteiger partial charge in [0.15, 0.2) is 5.78 Å². The number of aliphatic hydroxyl groups excluding tert-OH is 1. The van der Waals surface area contributed by atoms with Crippen molar-refractivity contribution in [3.8, 4) is 0 Å². The number of Topliss-reactive ketones (excluding diaryl/α,β-unsaturated/α-hetero) is 1. The first-order chi connectivity index (χ1) is 12.4. The molecular weight excluding hydrogens is 344 g/mol. The molecule has 5 nitrogen and oxygen atoms in total. The number of aliphatic carboxylic acids is 1. The molecule has 3 N–H and O–H groups in total. The molecule has 2 aromatic carbocycles. The zero-order valence-corrected chi connectivity index (χ0v) is 13.5. The van der Waals surface area contributed by atoms with E-state index in [-0.39, 0.29) is 12.2 Å². The molecule has 0 bridgehead atoms. The fourth-order valence-electron chi connectivity index (χ4n) is 2.92. The van der Waals surface area contributed by atoms with E-state index < -0.39 is 35.7 Å². The van der Waals surface area contributed by atoms with Crippen LogP contribution in [0.25, 0.3) is 10.9 Å². The lowest BCUT2D eigenvalue weighted by molar-refractivity contribution is -0.138. The summed E-state index contributed by atoms with van der Waals surface area (Å²) >= 11 is 0. The van der Waals surface area contributed by atoms with Crippen molar-refractivity contribution in [3.63, 3.8) is 0 Å². The van der Waals surface area contributed by atoms with Crippen LogP contribution < -0.4 is 0 Å². The van der Waals surface area contributed by atoms with Crippen LogP contribution >= 0.6 is 0 Å². The highest BCUT2D eigenvalue weighted by Gasteiger charge is 2.27. The number of halogens is 2. The highest BCUT2D eigenvalue weighted by Crippen LogP contribution is 2.30. The van der Waals surface area contributed by atoms with E-state index in [1.165, 1.54) is 6.20 Å². The third-order valence-electron chi connectivity index (χ3n) is 4.26. The summed E-state index contributed by atoms with van der Waals surface area (Å²) in [4.78, 5) is 27.0. The lowest BCUT2D eigenvalue weighted by Crippen LogP contribution is -2.17. The number of carbonyl (C=O) groups excluding carboxylic acids is 1. The predicted octanol–water partition coefficient (Wildman–Crippen LogP) is 3.38. The molecular formula is C19H15F2NO4. The van der Waals surface area contributed by atoms with Crippen molar-refractivity contribution in [2.24, 2.45) is 0 Å². The molecule has 0 fully saturated rings. The maximum atomic E-state index is 13.8. The SMILES string of the molecule is O=C(CC(C(=O)O)c1c[nH]c2ccc(CO)cc12)c1ccc(F)cc1F. The van der Waals surface area contributed by atoms with Crippen molar-refractivity contribution < 1.29 is 28.6 Å². The summed E-state index contributed by atoms with van der Waals surface area (Å²) in [6.07, 6.45) is 1.01. The molecule has 0 aliphatic carbocycles. The third-order valence-corrected chi connectivity index (χ3v) is 4.26. The molecule has 1 heterocycles. The van der Waals surface area contributed by atoms with Crippen LogP contribution in [0.5, 0.6) is 0 Å². The van der Waals surface area contributed by atoms with Gasteiger partial charge in [0.05, 0.1) is 18.1 Å². The third kappa shape index (κ3) is 3.34. The van der Waals surface area contributed by atoms with Gasteiger partial charge < -0.3 is 15.2 Å². The van der Waals surface area contributed by atoms with Crippen LogP contribution in [0.3, 0.4) is 0 Å². The maximum absolute atomic E-state index is 13.8. The fraction of sp³-hybridized carbons (Fsp3) is 0.158. The second kappa shape index (κ2) is 7.05. The van der Waals surface area contributed by atoms with Gasteiger partial charge in [0.1, 0.15) is 11.6 Å². The number of nitrogens with one attached hydrogen (secondary N) is 1. The number of H-pyrrole nitrogens is 1. The number of hydrogen-bond donors (Lipinski definition) is 3. The number of aliphatic hydroxyl groups is 1. The first-order valence-corrected chi connectivity index (χ1v) is 7.82. The fourth-order valence-corrected chi connectivity index (χ4v) is 2.92. The van der Waals surface area contributed by atoms with Crippen molar-refractivity contribution in [1.82, 2.24) is 4.98 Å². The minimum atomic E-state index is -1.24. The Morgan fingerprint density at radius 3 is 2.54 bits per heavy atom. The highest BCUT2D eigenvalue weighted by atomic mass is 19.1. The molecule has 0 radical (unpaired) electrons. The number of aromatic amines is 1. The summed E-state index contributed by atoms with van der Waals surface area (Å²) in [6.45, 7) is -0.210. The summed E-state index contributed by atoms with van der Waals surface area (Å²) in [5.74, 6) is -5.03. The van der Waals surface area contributed by atoms with Gasteiger partial charge in [-0.25, -0.2) is 8.78 Å². The Hall–Kier alpha value is -3.06. The predicted molar refractivity (Wildman–Crippen MR) is 89.9 cm³/mol. The van der Waals surface area contributed by atoms with Crippen LogP contribution in [0, 0.1) is 11.6 Å². The van der Waals surface area contributed by atoms with E-state index in [1.54, 1.807) is 18.2 Å². The lowest BCUT2D eigenvalue weighted by atomic mass is 9.91. The van der Waals surface area contributed by atoms with Crippen LogP contribution in [-0.2, 0) is 11.4 Å². The zero-order chi connectivity index (χ0) is 18.8. The molecule has 0 spiro atoms. The molecule has 1 unspecified atom stereocenters. The van der Waals surface area contributed by atoms with Gasteiger partial charge in [-0.15, -0.1) is 0 Å². The van der Waals surface area contributed by atoms with Gasteiger partial charge >= 0.3 is 5.97 Å². The van der Waals surface area contributed by atoms with Crippen LogP contribution in [0.15, 0.2) is 42.6 Å². The average molecular weight is 359 g/mol. The number of carbonyl (C=O) groups is 2. The summed E-state index contributed by atoms with van der Waals surface area (Å²) in [7, 11) is 0. The second-order valence-electron chi connectivity index (χ2n) is 5.92. The number of ketones is 1. The van der Waals surface area contributed by atoms with Gasteiger partial charge in [-0.2, -0.15) is 0 Å². The molecule has 3 rings (SSSR count). The molecule has 3 aromatic rings. The van der Waals surface area contributed by atoms with Crippen LogP contribution in [0.2, 0.25) is 0 Å². The van der Waals surface area contributed by atoms with E-state index >= 15 is 0 Å². The van der Waals surface area contributed by atoms with Crippen LogP contribution in [-0.4, -0.2) is 26.9 Å². The molecule has 0 amide bonds. The number of fused-ring (bicyclic) bond motifs is 1. The molecule has 26 heavy (non-hydrogen) atoms. The Labute approximate surface area is 146 Å². The van der Waals surface area contributed by atoms with Crippen molar-refractivity contribution in [2.75, 3.05) is 0 Å². The molecule has 7 heteroatoms. The summed E-state index contributed by atoms with van der Waals surface area (Å²) < 4.78 is 26.8. The summed E-state index contributed by atoms with van der Waals surface area (Å²) in [5.41, 5.74) is 1.26. The number of carboxylic acid groups (broad SMARTS) is 1. The number of aromatic nitrogens is 1. The Morgan fingerprint density at radius 1 is 1.12 bits per heavy atom. The molecule has 0 aliphatic heterocycles. The van der Waals surface area contributed by atoms with Crippen molar-refractivity contribution in [2.45, 2.75) is 18.9 Å². The van der Waals surface area contributed by atoms with E-state index in [0.717, 1.165) is 12.1 Å². The maximum Gasteiger partial charge on any atom is 0.311 e.